The number of halogens is 1. The lowest BCUT2D eigenvalue weighted by Gasteiger charge is -2.22. The highest BCUT2D eigenvalue weighted by Crippen LogP contribution is 2.37. The molecule has 8 nitrogen and oxygen atoms in total. The molecular formula is C30H37ClN4O4S2. The minimum Gasteiger partial charge on any atom is -0.494 e. The smallest absolute Gasteiger partial charge is 0.260 e. The van der Waals surface area contributed by atoms with E-state index in [1.807, 2.05) is 70.4 Å². The third-order valence-electron chi connectivity index (χ3n) is 6.67. The Morgan fingerprint density at radius 2 is 1.66 bits per heavy atom. The molecule has 0 saturated carbocycles. The third kappa shape index (κ3) is 7.44. The Bertz CT molecular complexity index is 1560. The molecule has 0 unspecified atom stereocenters. The Morgan fingerprint density at radius 1 is 0.976 bits per heavy atom. The average Bonchev–Trinajstić information content (AvgIpc) is 3.40. The van der Waals surface area contributed by atoms with Gasteiger partial charge in [-0.15, -0.1) is 12.4 Å². The molecule has 0 radical (unpaired) electrons. The van der Waals surface area contributed by atoms with Gasteiger partial charge in [-0.3, -0.25) is 9.69 Å². The number of aromatic nitrogens is 1. The maximum absolute atomic E-state index is 13.8. The van der Waals surface area contributed by atoms with Gasteiger partial charge in [0.2, 0.25) is 10.0 Å². The quantitative estimate of drug-likeness (QED) is 0.199. The Labute approximate surface area is 253 Å². The highest BCUT2D eigenvalue weighted by Gasteiger charge is 2.26. The van der Waals surface area contributed by atoms with Crippen LogP contribution in [0.3, 0.4) is 0 Å². The number of hydrogen-bond donors (Lipinski definition) is 0. The molecule has 11 heteroatoms. The van der Waals surface area contributed by atoms with Crippen molar-refractivity contribution in [3.05, 3.63) is 83.4 Å². The fourth-order valence-electron chi connectivity index (χ4n) is 4.44. The van der Waals surface area contributed by atoms with Gasteiger partial charge in [0.25, 0.3) is 5.91 Å². The van der Waals surface area contributed by atoms with Gasteiger partial charge in [-0.2, -0.15) is 4.31 Å². The molecule has 0 aliphatic carbocycles. The molecule has 1 amide bonds. The van der Waals surface area contributed by atoms with E-state index in [9.17, 15) is 13.2 Å². The Kier molecular flexibility index (Phi) is 11.3. The fraction of sp³-hybridized carbons (Fsp3) is 0.333. The zero-order chi connectivity index (χ0) is 28.9. The van der Waals surface area contributed by atoms with Crippen LogP contribution in [0.1, 0.15) is 34.8 Å². The van der Waals surface area contributed by atoms with Gasteiger partial charge in [0.15, 0.2) is 5.13 Å². The van der Waals surface area contributed by atoms with Crippen LogP contribution in [0.5, 0.6) is 5.75 Å². The van der Waals surface area contributed by atoms with Crippen LogP contribution in [0.2, 0.25) is 0 Å². The van der Waals surface area contributed by atoms with E-state index < -0.39 is 10.0 Å². The molecular weight excluding hydrogens is 580 g/mol. The molecule has 0 spiro atoms. The summed E-state index contributed by atoms with van der Waals surface area (Å²) in [6, 6.07) is 19.6. The molecule has 0 atom stereocenters. The predicted octanol–water partition coefficient (Wildman–Crippen LogP) is 5.84. The van der Waals surface area contributed by atoms with Crippen LogP contribution in [0.25, 0.3) is 10.2 Å². The minimum absolute atomic E-state index is 0. The number of ether oxygens (including phenoxy) is 1. The summed E-state index contributed by atoms with van der Waals surface area (Å²) in [5.41, 5.74) is 3.10. The first kappa shape index (κ1) is 32.5. The largest absolute Gasteiger partial charge is 0.494 e. The van der Waals surface area contributed by atoms with Crippen molar-refractivity contribution in [1.82, 2.24) is 14.2 Å². The summed E-state index contributed by atoms with van der Waals surface area (Å²) in [5.74, 6) is 0.435. The summed E-state index contributed by atoms with van der Waals surface area (Å²) in [6.07, 6.45) is 0.752. The average molecular weight is 617 g/mol. The highest BCUT2D eigenvalue weighted by atomic mass is 35.5. The number of aryl methyl sites for hydroxylation is 1. The number of rotatable bonds is 12. The van der Waals surface area contributed by atoms with Crippen LogP contribution in [0.15, 0.2) is 71.6 Å². The number of benzene rings is 3. The molecule has 0 bridgehead atoms. The van der Waals surface area contributed by atoms with Crippen molar-refractivity contribution in [2.75, 3.05) is 45.7 Å². The van der Waals surface area contributed by atoms with E-state index in [0.29, 0.717) is 29.5 Å². The van der Waals surface area contributed by atoms with Gasteiger partial charge in [0.1, 0.15) is 11.3 Å². The van der Waals surface area contributed by atoms with Gasteiger partial charge in [-0.1, -0.05) is 54.7 Å². The molecule has 1 heterocycles. The van der Waals surface area contributed by atoms with Crippen molar-refractivity contribution in [1.29, 1.82) is 0 Å². The molecule has 0 aliphatic heterocycles. The van der Waals surface area contributed by atoms with Gasteiger partial charge < -0.3 is 9.64 Å². The molecule has 220 valence electrons. The zero-order valence-corrected chi connectivity index (χ0v) is 26.5. The molecule has 0 N–H and O–H groups in total. The predicted molar refractivity (Wildman–Crippen MR) is 169 cm³/mol. The second kappa shape index (κ2) is 14.2. The highest BCUT2D eigenvalue weighted by molar-refractivity contribution is 7.89. The number of thiazole rings is 1. The number of amides is 1. The molecule has 0 aliphatic rings. The van der Waals surface area contributed by atoms with Gasteiger partial charge in [-0.05, 0) is 75.4 Å². The summed E-state index contributed by atoms with van der Waals surface area (Å²) >= 11 is 1.46. The lowest BCUT2D eigenvalue weighted by atomic mass is 10.2. The third-order valence-corrected chi connectivity index (χ3v) is 9.82. The number of carbonyl (C=O) groups excluding carboxylic acids is 1. The molecule has 41 heavy (non-hydrogen) atoms. The van der Waals surface area contributed by atoms with Gasteiger partial charge in [0.05, 0.1) is 16.7 Å². The Hall–Kier alpha value is -3.02. The topological polar surface area (TPSA) is 83.1 Å². The molecule has 3 aromatic carbocycles. The number of methoxy groups -OCH3 is 1. The van der Waals surface area contributed by atoms with Crippen LogP contribution in [0.4, 0.5) is 5.13 Å². The van der Waals surface area contributed by atoms with Gasteiger partial charge >= 0.3 is 0 Å². The molecule has 4 aromatic rings. The van der Waals surface area contributed by atoms with Crippen molar-refractivity contribution in [3.8, 4) is 5.75 Å². The summed E-state index contributed by atoms with van der Waals surface area (Å²) in [4.78, 5) is 22.5. The van der Waals surface area contributed by atoms with E-state index in [1.54, 1.807) is 24.1 Å². The molecule has 4 rings (SSSR count). The van der Waals surface area contributed by atoms with Crippen molar-refractivity contribution in [2.45, 2.75) is 31.7 Å². The number of carbonyl (C=O) groups is 1. The molecule has 1 aromatic heterocycles. The summed E-state index contributed by atoms with van der Waals surface area (Å²) < 4.78 is 34.7. The summed E-state index contributed by atoms with van der Waals surface area (Å²) in [6.45, 7) is 5.72. The lowest BCUT2D eigenvalue weighted by Crippen LogP contribution is -2.33. The Morgan fingerprint density at radius 3 is 2.27 bits per heavy atom. The van der Waals surface area contributed by atoms with E-state index in [0.717, 1.165) is 34.3 Å². The second-order valence-corrected chi connectivity index (χ2v) is 12.7. The van der Waals surface area contributed by atoms with Crippen molar-refractivity contribution in [3.63, 3.8) is 0 Å². The summed E-state index contributed by atoms with van der Waals surface area (Å²) in [5, 5.41) is 0.586. The van der Waals surface area contributed by atoms with Crippen molar-refractivity contribution in [2.24, 2.45) is 0 Å². The standard InChI is InChI=1S/C30H36N4O4S2.ClH/c1-6-33(21-23-11-8-7-9-12-23)40(36,37)25-16-14-24(15-17-25)29(35)34(20-10-19-32(3)4)30-31-27-26(38-5)18-13-22(2)28(27)39-30;/h7-9,11-18H,6,10,19-21H2,1-5H3;1H. The van der Waals surface area contributed by atoms with Gasteiger partial charge in [0, 0.05) is 25.2 Å². The Balaban J connectivity index is 0.00000462. The van der Waals surface area contributed by atoms with Crippen molar-refractivity contribution < 1.29 is 17.9 Å². The number of hydrogen-bond acceptors (Lipinski definition) is 7. The monoisotopic (exact) mass is 616 g/mol. The van der Waals surface area contributed by atoms with Gasteiger partial charge in [-0.25, -0.2) is 13.4 Å². The van der Waals surface area contributed by atoms with E-state index in [-0.39, 0.29) is 29.8 Å². The van der Waals surface area contributed by atoms with Crippen LogP contribution < -0.4 is 9.64 Å². The maximum atomic E-state index is 13.8. The number of fused-ring (bicyclic) bond motifs is 1. The number of anilines is 1. The van der Waals surface area contributed by atoms with Crippen molar-refractivity contribution >= 4 is 55.0 Å². The van der Waals surface area contributed by atoms with E-state index >= 15 is 0 Å². The first-order chi connectivity index (χ1) is 19.1. The van der Waals surface area contributed by atoms with E-state index in [2.05, 4.69) is 4.90 Å². The number of nitrogens with zero attached hydrogens (tertiary/aromatic N) is 4. The zero-order valence-electron chi connectivity index (χ0n) is 24.0. The fourth-order valence-corrected chi connectivity index (χ4v) is 6.95. The second-order valence-electron chi connectivity index (χ2n) is 9.81. The van der Waals surface area contributed by atoms with E-state index in [4.69, 9.17) is 9.72 Å². The first-order valence-electron chi connectivity index (χ1n) is 13.2. The lowest BCUT2D eigenvalue weighted by molar-refractivity contribution is 0.0986. The minimum atomic E-state index is -3.74. The molecule has 0 saturated heterocycles. The molecule has 0 fully saturated rings. The summed E-state index contributed by atoms with van der Waals surface area (Å²) in [7, 11) is 1.86. The SMILES string of the molecule is CCN(Cc1ccccc1)S(=O)(=O)c1ccc(C(=O)N(CCCN(C)C)c2nc3c(OC)ccc(C)c3s2)cc1.Cl. The van der Waals surface area contributed by atoms with Crippen LogP contribution in [0, 0.1) is 6.92 Å². The van der Waals surface area contributed by atoms with Crippen LogP contribution in [-0.2, 0) is 16.6 Å². The van der Waals surface area contributed by atoms with Crippen LogP contribution in [-0.4, -0.2) is 69.4 Å². The normalized spacial score (nSPS) is 11.6. The first-order valence-corrected chi connectivity index (χ1v) is 15.5. The van der Waals surface area contributed by atoms with Crippen LogP contribution >= 0.6 is 23.7 Å². The maximum Gasteiger partial charge on any atom is 0.260 e. The van der Waals surface area contributed by atoms with E-state index in [1.165, 1.54) is 27.8 Å². The number of sulfonamides is 1.